The third-order valence-electron chi connectivity index (χ3n) is 14.6. The van der Waals surface area contributed by atoms with Crippen molar-refractivity contribution in [3.63, 3.8) is 0 Å². The molecule has 9 nitrogen and oxygen atoms in total. The van der Waals surface area contributed by atoms with Crippen molar-refractivity contribution in [3.8, 4) is 0 Å². The summed E-state index contributed by atoms with van der Waals surface area (Å²) in [6, 6.07) is 0. The maximum Gasteiger partial charge on any atom is 0.472 e. The third-order valence-corrected chi connectivity index (χ3v) is 15.6. The minimum atomic E-state index is -4.40. The van der Waals surface area contributed by atoms with Crippen molar-refractivity contribution < 1.29 is 37.6 Å². The maximum atomic E-state index is 12.7. The summed E-state index contributed by atoms with van der Waals surface area (Å²) >= 11 is 0. The van der Waals surface area contributed by atoms with Gasteiger partial charge in [0.2, 0.25) is 0 Å². The zero-order valence-corrected chi connectivity index (χ0v) is 52.5. The topological polar surface area (TPSA) is 134 Å². The van der Waals surface area contributed by atoms with Crippen LogP contribution in [0.2, 0.25) is 0 Å². The summed E-state index contributed by atoms with van der Waals surface area (Å²) in [6.07, 6.45) is 84.2. The van der Waals surface area contributed by atoms with Gasteiger partial charge in [0.25, 0.3) is 0 Å². The highest BCUT2D eigenvalue weighted by Crippen LogP contribution is 2.43. The van der Waals surface area contributed by atoms with Crippen molar-refractivity contribution in [2.75, 3.05) is 26.4 Å². The fraction of sp³-hybridized carbons (Fsp3) is 0.797. The molecule has 10 heteroatoms. The Morgan fingerprint density at radius 1 is 0.392 bits per heavy atom. The first-order chi connectivity index (χ1) is 38.8. The fourth-order valence-electron chi connectivity index (χ4n) is 9.70. The van der Waals surface area contributed by atoms with Gasteiger partial charge in [-0.15, -0.1) is 0 Å². The fourth-order valence-corrected chi connectivity index (χ4v) is 10.5. The van der Waals surface area contributed by atoms with Gasteiger partial charge in [-0.3, -0.25) is 18.6 Å². The number of hydrogen-bond acceptors (Lipinski definition) is 8. The van der Waals surface area contributed by atoms with E-state index < -0.39 is 26.5 Å². The van der Waals surface area contributed by atoms with E-state index in [2.05, 4.69) is 86.8 Å². The molecule has 0 saturated carbocycles. The molecule has 0 spiro atoms. The molecule has 0 radical (unpaired) electrons. The summed E-state index contributed by atoms with van der Waals surface area (Å²) in [6.45, 7) is 3.66. The molecule has 0 heterocycles. The molecule has 0 aromatic carbocycles. The van der Waals surface area contributed by atoms with Gasteiger partial charge in [-0.05, 0) is 64.2 Å². The monoisotopic (exact) mass is 1130 g/mol. The Hall–Kier alpha value is -2.55. The smallest absolute Gasteiger partial charge is 0.462 e. The molecule has 2 unspecified atom stereocenters. The summed E-state index contributed by atoms with van der Waals surface area (Å²) in [4.78, 5) is 35.3. The van der Waals surface area contributed by atoms with E-state index in [1.54, 1.807) is 0 Å². The highest BCUT2D eigenvalue weighted by Gasteiger charge is 2.26. The highest BCUT2D eigenvalue weighted by molar-refractivity contribution is 7.47. The van der Waals surface area contributed by atoms with Crippen LogP contribution in [0.1, 0.15) is 322 Å². The van der Waals surface area contributed by atoms with Crippen LogP contribution in [-0.4, -0.2) is 49.3 Å². The third kappa shape index (κ3) is 64.5. The van der Waals surface area contributed by atoms with E-state index in [1.807, 2.05) is 0 Å². The Morgan fingerprint density at radius 2 is 0.696 bits per heavy atom. The maximum absolute atomic E-state index is 12.7. The molecule has 0 amide bonds. The van der Waals surface area contributed by atoms with Crippen molar-refractivity contribution >= 4 is 19.8 Å². The lowest BCUT2D eigenvalue weighted by Crippen LogP contribution is -2.29. The first kappa shape index (κ1) is 76.5. The number of phosphoric acid groups is 1. The zero-order valence-electron chi connectivity index (χ0n) is 51.6. The minimum absolute atomic E-state index is 0.0488. The molecule has 0 aliphatic rings. The Balaban J connectivity index is 3.88. The predicted octanol–water partition coefficient (Wildman–Crippen LogP) is 21.6. The molecule has 460 valence electrons. The van der Waals surface area contributed by atoms with Crippen LogP contribution in [-0.2, 0) is 32.7 Å². The van der Waals surface area contributed by atoms with Gasteiger partial charge in [-0.25, -0.2) is 4.57 Å². The van der Waals surface area contributed by atoms with Crippen molar-refractivity contribution in [3.05, 3.63) is 72.9 Å². The number of unbranched alkanes of at least 4 members (excludes halogenated alkanes) is 38. The van der Waals surface area contributed by atoms with E-state index in [1.165, 1.54) is 193 Å². The van der Waals surface area contributed by atoms with E-state index in [0.717, 1.165) is 96.3 Å². The van der Waals surface area contributed by atoms with Crippen LogP contribution in [0.15, 0.2) is 72.9 Å². The van der Waals surface area contributed by atoms with Gasteiger partial charge < -0.3 is 20.1 Å². The minimum Gasteiger partial charge on any atom is -0.462 e. The second-order valence-electron chi connectivity index (χ2n) is 22.3. The van der Waals surface area contributed by atoms with Crippen molar-refractivity contribution in [1.82, 2.24) is 0 Å². The van der Waals surface area contributed by atoms with Crippen LogP contribution in [0.25, 0.3) is 0 Å². The second kappa shape index (κ2) is 64.6. The highest BCUT2D eigenvalue weighted by atomic mass is 31.2. The SMILES string of the molecule is CC/C=C\C/C=C\C/C=C\C/C=C\C/C=C\C/C=C\CCCCCCCCC(=O)OC(COC(=O)CCCCCCCCCCCCCCCCCCCCCCCCCCCCCCCCCCC)COP(=O)(O)OCCN. The molecule has 0 aliphatic carbocycles. The van der Waals surface area contributed by atoms with E-state index in [4.69, 9.17) is 24.3 Å². The van der Waals surface area contributed by atoms with E-state index in [0.29, 0.717) is 6.42 Å². The molecule has 0 rings (SSSR count). The van der Waals surface area contributed by atoms with Gasteiger partial charge >= 0.3 is 19.8 Å². The normalized spacial score (nSPS) is 13.4. The molecule has 0 saturated heterocycles. The molecule has 0 fully saturated rings. The Labute approximate surface area is 488 Å². The van der Waals surface area contributed by atoms with Gasteiger partial charge in [-0.1, -0.05) is 318 Å². The average molecular weight is 1130 g/mol. The molecule has 0 aromatic rings. The van der Waals surface area contributed by atoms with Gasteiger partial charge in [0.05, 0.1) is 13.2 Å². The number of allylic oxidation sites excluding steroid dienone is 12. The van der Waals surface area contributed by atoms with Crippen LogP contribution in [0.5, 0.6) is 0 Å². The number of carbonyl (C=O) groups is 2. The summed E-state index contributed by atoms with van der Waals surface area (Å²) in [7, 11) is -4.40. The first-order valence-electron chi connectivity index (χ1n) is 33.4. The van der Waals surface area contributed by atoms with Crippen LogP contribution < -0.4 is 5.73 Å². The predicted molar refractivity (Wildman–Crippen MR) is 339 cm³/mol. The molecule has 0 aromatic heterocycles. The van der Waals surface area contributed by atoms with Crippen molar-refractivity contribution in [2.45, 2.75) is 328 Å². The first-order valence-corrected chi connectivity index (χ1v) is 34.9. The van der Waals surface area contributed by atoms with Crippen molar-refractivity contribution in [2.24, 2.45) is 5.73 Å². The Kier molecular flexibility index (Phi) is 62.5. The second-order valence-corrected chi connectivity index (χ2v) is 23.8. The van der Waals surface area contributed by atoms with Crippen LogP contribution >= 0.6 is 7.82 Å². The molecular formula is C69H126NO8P. The number of ether oxygens (including phenoxy) is 2. The summed E-state index contributed by atoms with van der Waals surface area (Å²) in [5.41, 5.74) is 5.39. The molecule has 2 atom stereocenters. The zero-order chi connectivity index (χ0) is 57.3. The lowest BCUT2D eigenvalue weighted by Gasteiger charge is -2.19. The molecule has 3 N–H and O–H groups in total. The summed E-state index contributed by atoms with van der Waals surface area (Å²) in [5, 5.41) is 0. The van der Waals surface area contributed by atoms with Crippen LogP contribution in [0.3, 0.4) is 0 Å². The molecule has 0 bridgehead atoms. The number of rotatable bonds is 63. The number of hydrogen-bond donors (Lipinski definition) is 2. The molecule has 0 aliphatic heterocycles. The number of esters is 2. The summed E-state index contributed by atoms with van der Waals surface area (Å²) < 4.78 is 33.1. The Bertz CT molecular complexity index is 1520. The lowest BCUT2D eigenvalue weighted by atomic mass is 10.0. The molecular weight excluding hydrogens is 1000 g/mol. The van der Waals surface area contributed by atoms with Gasteiger partial charge in [0.15, 0.2) is 6.10 Å². The van der Waals surface area contributed by atoms with E-state index >= 15 is 0 Å². The average Bonchev–Trinajstić information content (AvgIpc) is 3.44. The van der Waals surface area contributed by atoms with Crippen LogP contribution in [0.4, 0.5) is 0 Å². The van der Waals surface area contributed by atoms with Crippen molar-refractivity contribution in [1.29, 1.82) is 0 Å². The van der Waals surface area contributed by atoms with E-state index in [-0.39, 0.29) is 38.6 Å². The van der Waals surface area contributed by atoms with Gasteiger partial charge in [-0.2, -0.15) is 0 Å². The number of phosphoric ester groups is 1. The lowest BCUT2D eigenvalue weighted by molar-refractivity contribution is -0.161. The van der Waals surface area contributed by atoms with E-state index in [9.17, 15) is 19.0 Å². The van der Waals surface area contributed by atoms with Crippen LogP contribution in [0, 0.1) is 0 Å². The standard InChI is InChI=1S/C69H126NO8P/c1-3-5-7-9-11-13-15-17-19-21-23-25-27-29-30-31-32-33-34-35-36-38-39-41-43-45-47-49-51-53-55-57-59-61-68(71)75-65-67(66-77-79(73,74)76-64-63-70)78-69(72)62-60-58-56-54-52-50-48-46-44-42-40-37-28-26-24-22-20-18-16-14-12-10-8-6-4-2/h6,8,12,14,18,20,24,26,37,40,44,46,67H,3-5,7,9-11,13,15-17,19,21-23,25,27-36,38-39,41-43,45,47-66,70H2,1-2H3,(H,73,74)/b8-6-,14-12-,20-18-,26-24-,40-37-,46-44-. The van der Waals surface area contributed by atoms with Gasteiger partial charge in [0.1, 0.15) is 6.61 Å². The van der Waals surface area contributed by atoms with Gasteiger partial charge in [0, 0.05) is 19.4 Å². The largest absolute Gasteiger partial charge is 0.472 e. The molecule has 79 heavy (non-hydrogen) atoms. The summed E-state index contributed by atoms with van der Waals surface area (Å²) in [5.74, 6) is -0.835. The number of nitrogens with two attached hydrogens (primary N) is 1. The quantitative estimate of drug-likeness (QED) is 0.0264. The Morgan fingerprint density at radius 3 is 1.04 bits per heavy atom. The number of carbonyl (C=O) groups excluding carboxylic acids is 2.